The molecule has 0 saturated heterocycles. The van der Waals surface area contributed by atoms with Crippen LogP contribution < -0.4 is 0 Å². The molecular weight excluding hydrogens is 308 g/mol. The van der Waals surface area contributed by atoms with Crippen LogP contribution in [-0.4, -0.2) is 25.2 Å². The molecule has 0 amide bonds. The number of ether oxygens (including phenoxy) is 2. The summed E-state index contributed by atoms with van der Waals surface area (Å²) in [5.74, 6) is -0.838. The van der Waals surface area contributed by atoms with Crippen molar-refractivity contribution in [3.63, 3.8) is 0 Å². The molecule has 0 fully saturated rings. The molecule has 0 aliphatic heterocycles. The second-order valence-electron chi connectivity index (χ2n) is 3.15. The number of halogens is 1. The van der Waals surface area contributed by atoms with Gasteiger partial charge in [0, 0.05) is 0 Å². The Labute approximate surface area is 112 Å². The van der Waals surface area contributed by atoms with Gasteiger partial charge in [-0.25, -0.2) is 9.59 Å². The van der Waals surface area contributed by atoms with E-state index in [2.05, 4.69) is 15.9 Å². The standard InChI is InChI=1S/C11H13BrO4S/c1-4-15-10(13)7-6(3)8(17-9(7)12)11(14)16-5-2/h4-5H2,1-3H3. The van der Waals surface area contributed by atoms with Crippen LogP contribution in [0.5, 0.6) is 0 Å². The van der Waals surface area contributed by atoms with E-state index >= 15 is 0 Å². The van der Waals surface area contributed by atoms with Crippen LogP contribution in [0.15, 0.2) is 3.79 Å². The first-order valence-corrected chi connectivity index (χ1v) is 6.76. The molecule has 0 atom stereocenters. The lowest BCUT2D eigenvalue weighted by Gasteiger charge is -2.02. The first-order chi connectivity index (χ1) is 8.02. The third kappa shape index (κ3) is 3.07. The van der Waals surface area contributed by atoms with Gasteiger partial charge in [-0.2, -0.15) is 0 Å². The van der Waals surface area contributed by atoms with Crippen LogP contribution in [-0.2, 0) is 9.47 Å². The van der Waals surface area contributed by atoms with E-state index in [1.54, 1.807) is 20.8 Å². The van der Waals surface area contributed by atoms with Gasteiger partial charge >= 0.3 is 11.9 Å². The summed E-state index contributed by atoms with van der Waals surface area (Å²) in [5, 5.41) is 0. The summed E-state index contributed by atoms with van der Waals surface area (Å²) in [6, 6.07) is 0. The van der Waals surface area contributed by atoms with Gasteiger partial charge in [-0.3, -0.25) is 0 Å². The van der Waals surface area contributed by atoms with Crippen LogP contribution in [0.1, 0.15) is 39.4 Å². The highest BCUT2D eigenvalue weighted by atomic mass is 79.9. The van der Waals surface area contributed by atoms with Gasteiger partial charge in [0.05, 0.1) is 22.6 Å². The molecule has 0 saturated carbocycles. The van der Waals surface area contributed by atoms with E-state index in [-0.39, 0.29) is 0 Å². The molecule has 0 aromatic carbocycles. The van der Waals surface area contributed by atoms with Crippen molar-refractivity contribution in [1.29, 1.82) is 0 Å². The molecule has 0 spiro atoms. The van der Waals surface area contributed by atoms with Crippen LogP contribution >= 0.6 is 27.3 Å². The first kappa shape index (κ1) is 14.2. The zero-order valence-corrected chi connectivity index (χ0v) is 12.2. The van der Waals surface area contributed by atoms with E-state index in [9.17, 15) is 9.59 Å². The van der Waals surface area contributed by atoms with Crippen molar-refractivity contribution in [3.8, 4) is 0 Å². The summed E-state index contributed by atoms with van der Waals surface area (Å²) in [6.07, 6.45) is 0. The minimum atomic E-state index is -0.427. The Morgan fingerprint density at radius 2 is 1.71 bits per heavy atom. The molecule has 17 heavy (non-hydrogen) atoms. The Balaban J connectivity index is 3.09. The Morgan fingerprint density at radius 3 is 2.24 bits per heavy atom. The molecular formula is C11H13BrO4S. The number of rotatable bonds is 4. The Morgan fingerprint density at radius 1 is 1.18 bits per heavy atom. The molecule has 0 aliphatic carbocycles. The summed E-state index contributed by atoms with van der Waals surface area (Å²) >= 11 is 4.45. The van der Waals surface area contributed by atoms with Crippen LogP contribution in [0.25, 0.3) is 0 Å². The minimum absolute atomic E-state index is 0.301. The number of hydrogen-bond donors (Lipinski definition) is 0. The van der Waals surface area contributed by atoms with Crippen molar-refractivity contribution < 1.29 is 19.1 Å². The van der Waals surface area contributed by atoms with Gasteiger partial charge in [-0.15, -0.1) is 11.3 Å². The van der Waals surface area contributed by atoms with E-state index in [4.69, 9.17) is 9.47 Å². The third-order valence-electron chi connectivity index (χ3n) is 2.04. The van der Waals surface area contributed by atoms with Gasteiger partial charge in [0.25, 0.3) is 0 Å². The molecule has 94 valence electrons. The molecule has 0 bridgehead atoms. The fourth-order valence-electron chi connectivity index (χ4n) is 1.31. The van der Waals surface area contributed by atoms with Crippen molar-refractivity contribution in [2.45, 2.75) is 20.8 Å². The highest BCUT2D eigenvalue weighted by Crippen LogP contribution is 2.33. The maximum Gasteiger partial charge on any atom is 0.348 e. The second-order valence-corrected chi connectivity index (χ2v) is 5.48. The normalized spacial score (nSPS) is 10.1. The molecule has 1 aromatic heterocycles. The van der Waals surface area contributed by atoms with Crippen molar-refractivity contribution in [2.24, 2.45) is 0 Å². The Kier molecular flexibility index (Phi) is 5.14. The number of thiophene rings is 1. The van der Waals surface area contributed by atoms with Gasteiger partial charge in [0.15, 0.2) is 0 Å². The average molecular weight is 321 g/mol. The summed E-state index contributed by atoms with van der Waals surface area (Å²) in [4.78, 5) is 23.7. The van der Waals surface area contributed by atoms with E-state index in [1.165, 1.54) is 11.3 Å². The second kappa shape index (κ2) is 6.16. The van der Waals surface area contributed by atoms with Gasteiger partial charge in [-0.05, 0) is 42.3 Å². The SMILES string of the molecule is CCOC(=O)c1sc(Br)c(C(=O)OCC)c1C. The minimum Gasteiger partial charge on any atom is -0.462 e. The number of hydrogen-bond acceptors (Lipinski definition) is 5. The van der Waals surface area contributed by atoms with Gasteiger partial charge in [-0.1, -0.05) is 0 Å². The molecule has 0 unspecified atom stereocenters. The summed E-state index contributed by atoms with van der Waals surface area (Å²) in [6.45, 7) is 5.79. The molecule has 1 heterocycles. The Hall–Kier alpha value is -0.880. The molecule has 6 heteroatoms. The van der Waals surface area contributed by atoms with Crippen molar-refractivity contribution in [2.75, 3.05) is 13.2 Å². The predicted octanol–water partition coefficient (Wildman–Crippen LogP) is 3.17. The largest absolute Gasteiger partial charge is 0.462 e. The number of carbonyl (C=O) groups excluding carboxylic acids is 2. The van der Waals surface area contributed by atoms with Crippen molar-refractivity contribution in [1.82, 2.24) is 0 Å². The van der Waals surface area contributed by atoms with Gasteiger partial charge in [0.1, 0.15) is 4.88 Å². The Bertz CT molecular complexity index is 439. The monoisotopic (exact) mass is 320 g/mol. The fourth-order valence-corrected chi connectivity index (χ4v) is 3.17. The third-order valence-corrected chi connectivity index (χ3v) is 3.99. The summed E-state index contributed by atoms with van der Waals surface area (Å²) in [5.41, 5.74) is 0.999. The lowest BCUT2D eigenvalue weighted by molar-refractivity contribution is 0.0525. The highest BCUT2D eigenvalue weighted by Gasteiger charge is 2.24. The van der Waals surface area contributed by atoms with Crippen molar-refractivity contribution in [3.05, 3.63) is 19.8 Å². The van der Waals surface area contributed by atoms with Gasteiger partial charge < -0.3 is 9.47 Å². The maximum absolute atomic E-state index is 11.7. The summed E-state index contributed by atoms with van der Waals surface area (Å²) < 4.78 is 10.4. The maximum atomic E-state index is 11.7. The molecule has 0 radical (unpaired) electrons. The lowest BCUT2D eigenvalue weighted by Crippen LogP contribution is -2.08. The first-order valence-electron chi connectivity index (χ1n) is 5.16. The van der Waals surface area contributed by atoms with Crippen LogP contribution in [0.2, 0.25) is 0 Å². The van der Waals surface area contributed by atoms with Crippen molar-refractivity contribution >= 4 is 39.2 Å². The summed E-state index contributed by atoms with van der Waals surface area (Å²) in [7, 11) is 0. The van der Waals surface area contributed by atoms with Crippen LogP contribution in [0.3, 0.4) is 0 Å². The van der Waals surface area contributed by atoms with E-state index in [1.807, 2.05) is 0 Å². The number of esters is 2. The van der Waals surface area contributed by atoms with Crippen LogP contribution in [0, 0.1) is 6.92 Å². The van der Waals surface area contributed by atoms with E-state index in [0.717, 1.165) is 0 Å². The van der Waals surface area contributed by atoms with Gasteiger partial charge in [0.2, 0.25) is 0 Å². The molecule has 0 N–H and O–H groups in total. The lowest BCUT2D eigenvalue weighted by atomic mass is 10.2. The predicted molar refractivity (Wildman–Crippen MR) is 68.7 cm³/mol. The average Bonchev–Trinajstić information content (AvgIpc) is 2.55. The molecule has 0 aliphatic rings. The highest BCUT2D eigenvalue weighted by molar-refractivity contribution is 9.11. The zero-order valence-electron chi connectivity index (χ0n) is 9.83. The molecule has 1 aromatic rings. The fraction of sp³-hybridized carbons (Fsp3) is 0.455. The molecule has 1 rings (SSSR count). The number of carbonyl (C=O) groups is 2. The van der Waals surface area contributed by atoms with E-state index in [0.29, 0.717) is 33.0 Å². The van der Waals surface area contributed by atoms with Crippen LogP contribution in [0.4, 0.5) is 0 Å². The molecule has 4 nitrogen and oxygen atoms in total. The quantitative estimate of drug-likeness (QED) is 0.799. The van der Waals surface area contributed by atoms with E-state index < -0.39 is 11.9 Å². The smallest absolute Gasteiger partial charge is 0.348 e. The topological polar surface area (TPSA) is 52.6 Å². The zero-order chi connectivity index (χ0) is 13.0.